The molecule has 0 aliphatic heterocycles. The molecule has 17 heavy (non-hydrogen) atoms. The standard InChI is InChI=1S/C9H12F3N3O2/c1-2-17-5-6-3-15(4-7(13)16)14-8(6)9(10,11)12/h3H,2,4-5H2,1H3,(H2,13,16). The lowest BCUT2D eigenvalue weighted by Crippen LogP contribution is -2.19. The predicted octanol–water partition coefficient (Wildman–Crippen LogP) is 0.924. The molecule has 0 bridgehead atoms. The average molecular weight is 251 g/mol. The quantitative estimate of drug-likeness (QED) is 0.846. The summed E-state index contributed by atoms with van der Waals surface area (Å²) in [6.07, 6.45) is -3.46. The van der Waals surface area contributed by atoms with Gasteiger partial charge in [-0.25, -0.2) is 0 Å². The van der Waals surface area contributed by atoms with Crippen molar-refractivity contribution in [3.8, 4) is 0 Å². The van der Waals surface area contributed by atoms with Gasteiger partial charge in [0, 0.05) is 18.4 Å². The highest BCUT2D eigenvalue weighted by Crippen LogP contribution is 2.30. The van der Waals surface area contributed by atoms with E-state index in [1.165, 1.54) is 0 Å². The maximum atomic E-state index is 12.6. The number of ether oxygens (including phenoxy) is 1. The molecule has 0 saturated carbocycles. The Balaban J connectivity index is 2.99. The number of alkyl halides is 3. The summed E-state index contributed by atoms with van der Waals surface area (Å²) in [5.74, 6) is -0.760. The van der Waals surface area contributed by atoms with Crippen LogP contribution >= 0.6 is 0 Å². The summed E-state index contributed by atoms with van der Waals surface area (Å²) in [6, 6.07) is 0. The minimum atomic E-state index is -4.57. The molecule has 0 atom stereocenters. The number of hydrogen-bond acceptors (Lipinski definition) is 3. The van der Waals surface area contributed by atoms with Crippen molar-refractivity contribution in [2.24, 2.45) is 5.73 Å². The smallest absolute Gasteiger partial charge is 0.377 e. The van der Waals surface area contributed by atoms with Crippen molar-refractivity contribution in [1.82, 2.24) is 9.78 Å². The van der Waals surface area contributed by atoms with Gasteiger partial charge in [-0.2, -0.15) is 18.3 Å². The lowest BCUT2D eigenvalue weighted by Gasteiger charge is -2.05. The Hall–Kier alpha value is -1.57. The van der Waals surface area contributed by atoms with Gasteiger partial charge >= 0.3 is 6.18 Å². The fourth-order valence-corrected chi connectivity index (χ4v) is 1.26. The van der Waals surface area contributed by atoms with E-state index in [1.54, 1.807) is 6.92 Å². The van der Waals surface area contributed by atoms with Crippen molar-refractivity contribution < 1.29 is 22.7 Å². The first-order chi connectivity index (χ1) is 7.84. The number of aromatic nitrogens is 2. The highest BCUT2D eigenvalue weighted by atomic mass is 19.4. The van der Waals surface area contributed by atoms with Gasteiger partial charge < -0.3 is 10.5 Å². The van der Waals surface area contributed by atoms with Gasteiger partial charge in [0.25, 0.3) is 0 Å². The zero-order valence-corrected chi connectivity index (χ0v) is 9.12. The summed E-state index contributed by atoms with van der Waals surface area (Å²) < 4.78 is 43.5. The van der Waals surface area contributed by atoms with Crippen LogP contribution in [-0.4, -0.2) is 22.3 Å². The summed E-state index contributed by atoms with van der Waals surface area (Å²) in [4.78, 5) is 10.6. The van der Waals surface area contributed by atoms with Gasteiger partial charge in [0.1, 0.15) is 6.54 Å². The Bertz CT molecular complexity index is 401. The van der Waals surface area contributed by atoms with Crippen LogP contribution in [0.2, 0.25) is 0 Å². The van der Waals surface area contributed by atoms with Gasteiger partial charge in [-0.05, 0) is 6.92 Å². The van der Waals surface area contributed by atoms with Crippen LogP contribution < -0.4 is 5.73 Å². The minimum Gasteiger partial charge on any atom is -0.377 e. The van der Waals surface area contributed by atoms with Gasteiger partial charge in [-0.15, -0.1) is 0 Å². The number of hydrogen-bond donors (Lipinski definition) is 1. The molecule has 0 fully saturated rings. The second kappa shape index (κ2) is 5.17. The molecule has 1 heterocycles. The summed E-state index contributed by atoms with van der Waals surface area (Å²) in [5.41, 5.74) is 3.72. The molecule has 0 aliphatic carbocycles. The highest BCUT2D eigenvalue weighted by Gasteiger charge is 2.37. The molecule has 0 spiro atoms. The third-order valence-corrected chi connectivity index (χ3v) is 1.89. The second-order valence-corrected chi connectivity index (χ2v) is 3.30. The monoisotopic (exact) mass is 251 g/mol. The number of rotatable bonds is 5. The largest absolute Gasteiger partial charge is 0.435 e. The fraction of sp³-hybridized carbons (Fsp3) is 0.556. The average Bonchev–Trinajstić information content (AvgIpc) is 2.56. The Morgan fingerprint density at radius 1 is 1.59 bits per heavy atom. The summed E-state index contributed by atoms with van der Waals surface area (Å²) in [7, 11) is 0. The predicted molar refractivity (Wildman–Crippen MR) is 51.8 cm³/mol. The fourth-order valence-electron chi connectivity index (χ4n) is 1.26. The van der Waals surface area contributed by atoms with E-state index in [0.29, 0.717) is 0 Å². The number of carbonyl (C=O) groups excluding carboxylic acids is 1. The van der Waals surface area contributed by atoms with Crippen LogP contribution in [0.4, 0.5) is 13.2 Å². The molecule has 1 amide bonds. The molecule has 5 nitrogen and oxygen atoms in total. The SMILES string of the molecule is CCOCc1cn(CC(N)=O)nc1C(F)(F)F. The van der Waals surface area contributed by atoms with Gasteiger partial charge in [0.2, 0.25) is 5.91 Å². The van der Waals surface area contributed by atoms with E-state index in [4.69, 9.17) is 10.5 Å². The van der Waals surface area contributed by atoms with Crippen molar-refractivity contribution in [3.63, 3.8) is 0 Å². The number of halogens is 3. The third-order valence-electron chi connectivity index (χ3n) is 1.89. The lowest BCUT2D eigenvalue weighted by molar-refractivity contribution is -0.143. The first kappa shape index (κ1) is 13.5. The molecule has 8 heteroatoms. The number of primary amides is 1. The van der Waals surface area contributed by atoms with Crippen molar-refractivity contribution in [2.45, 2.75) is 26.3 Å². The maximum Gasteiger partial charge on any atom is 0.435 e. The van der Waals surface area contributed by atoms with Crippen LogP contribution in [0.1, 0.15) is 18.2 Å². The summed E-state index contributed by atoms with van der Waals surface area (Å²) >= 11 is 0. The molecular weight excluding hydrogens is 239 g/mol. The van der Waals surface area contributed by atoms with E-state index in [1.807, 2.05) is 0 Å². The van der Waals surface area contributed by atoms with E-state index in [2.05, 4.69) is 5.10 Å². The highest BCUT2D eigenvalue weighted by molar-refractivity contribution is 5.73. The molecular formula is C9H12F3N3O2. The van der Waals surface area contributed by atoms with Crippen molar-refractivity contribution in [2.75, 3.05) is 6.61 Å². The van der Waals surface area contributed by atoms with Crippen molar-refractivity contribution in [1.29, 1.82) is 0 Å². The van der Waals surface area contributed by atoms with Crippen LogP contribution in [0.25, 0.3) is 0 Å². The Morgan fingerprint density at radius 2 is 2.24 bits per heavy atom. The van der Waals surface area contributed by atoms with Crippen molar-refractivity contribution >= 4 is 5.91 Å². The summed E-state index contributed by atoms with van der Waals surface area (Å²) in [5, 5.41) is 3.29. The molecule has 0 unspecified atom stereocenters. The van der Waals surface area contributed by atoms with Gasteiger partial charge in [-0.3, -0.25) is 9.48 Å². The number of nitrogens with zero attached hydrogens (tertiary/aromatic N) is 2. The Kier molecular flexibility index (Phi) is 4.11. The zero-order valence-electron chi connectivity index (χ0n) is 9.12. The summed E-state index contributed by atoms with van der Waals surface area (Å²) in [6.45, 7) is 1.36. The number of carbonyl (C=O) groups is 1. The first-order valence-corrected chi connectivity index (χ1v) is 4.84. The Labute approximate surface area is 95.3 Å². The van der Waals surface area contributed by atoms with Gasteiger partial charge in [0.05, 0.1) is 6.61 Å². The zero-order chi connectivity index (χ0) is 13.1. The molecule has 0 aromatic carbocycles. The molecule has 0 saturated heterocycles. The molecule has 1 aromatic heterocycles. The maximum absolute atomic E-state index is 12.6. The molecule has 1 rings (SSSR count). The van der Waals surface area contributed by atoms with Crippen LogP contribution in [0.15, 0.2) is 6.20 Å². The van der Waals surface area contributed by atoms with E-state index in [-0.39, 0.29) is 18.8 Å². The lowest BCUT2D eigenvalue weighted by atomic mass is 10.2. The van der Waals surface area contributed by atoms with Crippen LogP contribution in [0.5, 0.6) is 0 Å². The first-order valence-electron chi connectivity index (χ1n) is 4.84. The molecule has 96 valence electrons. The minimum absolute atomic E-state index is 0.111. The van der Waals surface area contributed by atoms with Gasteiger partial charge in [0.15, 0.2) is 5.69 Å². The van der Waals surface area contributed by atoms with E-state index >= 15 is 0 Å². The van der Waals surface area contributed by atoms with E-state index < -0.39 is 24.3 Å². The van der Waals surface area contributed by atoms with Crippen LogP contribution in [0.3, 0.4) is 0 Å². The molecule has 2 N–H and O–H groups in total. The third kappa shape index (κ3) is 3.74. The normalized spacial score (nSPS) is 11.8. The number of amides is 1. The van der Waals surface area contributed by atoms with E-state index in [0.717, 1.165) is 10.9 Å². The van der Waals surface area contributed by atoms with Crippen LogP contribution in [-0.2, 0) is 28.9 Å². The van der Waals surface area contributed by atoms with Crippen LogP contribution in [0, 0.1) is 0 Å². The molecule has 1 aromatic rings. The molecule has 0 radical (unpaired) electrons. The van der Waals surface area contributed by atoms with E-state index in [9.17, 15) is 18.0 Å². The Morgan fingerprint density at radius 3 is 2.71 bits per heavy atom. The second-order valence-electron chi connectivity index (χ2n) is 3.30. The topological polar surface area (TPSA) is 70.1 Å². The van der Waals surface area contributed by atoms with Gasteiger partial charge in [-0.1, -0.05) is 0 Å². The van der Waals surface area contributed by atoms with Crippen molar-refractivity contribution in [3.05, 3.63) is 17.5 Å². The number of nitrogens with two attached hydrogens (primary N) is 1. The molecule has 0 aliphatic rings.